The Balaban J connectivity index is 1.60. The Labute approximate surface area is 132 Å². The second-order valence-electron chi connectivity index (χ2n) is 6.49. The van der Waals surface area contributed by atoms with Gasteiger partial charge in [0.15, 0.2) is 0 Å². The average Bonchev–Trinajstić information content (AvgIpc) is 2.95. The van der Waals surface area contributed by atoms with Gasteiger partial charge in [0.25, 0.3) is 0 Å². The molecule has 1 aromatic rings. The number of piperazine rings is 1. The molecule has 22 heavy (non-hydrogen) atoms. The third-order valence-electron chi connectivity index (χ3n) is 4.96. The van der Waals surface area contributed by atoms with Gasteiger partial charge in [-0.15, -0.1) is 0 Å². The molecule has 0 radical (unpaired) electrons. The number of aliphatic hydroxyl groups excluding tert-OH is 1. The first-order valence-corrected chi connectivity index (χ1v) is 8.48. The lowest BCUT2D eigenvalue weighted by Crippen LogP contribution is -2.56. The van der Waals surface area contributed by atoms with Gasteiger partial charge in [-0.25, -0.2) is 0 Å². The number of aryl methyl sites for hydroxylation is 1. The first kappa shape index (κ1) is 16.0. The molecule has 0 saturated carbocycles. The molecule has 1 unspecified atom stereocenters. The molecule has 0 bridgehead atoms. The third-order valence-corrected chi connectivity index (χ3v) is 4.96. The molecule has 3 rings (SSSR count). The SMILES string of the molecule is Cc1ccc(CN2CCN(C3CCOCC3)CC2CCO)o1. The number of nitrogens with zero attached hydrogens (tertiary/aromatic N) is 2. The maximum atomic E-state index is 9.41. The van der Waals surface area contributed by atoms with Gasteiger partial charge in [-0.3, -0.25) is 9.80 Å². The van der Waals surface area contributed by atoms with Gasteiger partial charge in [-0.2, -0.15) is 0 Å². The predicted octanol–water partition coefficient (Wildman–Crippen LogP) is 1.64. The van der Waals surface area contributed by atoms with Crippen LogP contribution in [0.5, 0.6) is 0 Å². The van der Waals surface area contributed by atoms with E-state index in [-0.39, 0.29) is 6.61 Å². The summed E-state index contributed by atoms with van der Waals surface area (Å²) in [5.41, 5.74) is 0. The van der Waals surface area contributed by atoms with Crippen LogP contribution in [0.25, 0.3) is 0 Å². The van der Waals surface area contributed by atoms with Gasteiger partial charge in [0.1, 0.15) is 11.5 Å². The largest absolute Gasteiger partial charge is 0.465 e. The zero-order valence-corrected chi connectivity index (χ0v) is 13.5. The van der Waals surface area contributed by atoms with Gasteiger partial charge >= 0.3 is 0 Å². The highest BCUT2D eigenvalue weighted by Gasteiger charge is 2.31. The van der Waals surface area contributed by atoms with E-state index in [1.54, 1.807) is 0 Å². The van der Waals surface area contributed by atoms with Crippen LogP contribution in [0.15, 0.2) is 16.5 Å². The van der Waals surface area contributed by atoms with E-state index in [9.17, 15) is 5.11 Å². The Morgan fingerprint density at radius 1 is 1.23 bits per heavy atom. The monoisotopic (exact) mass is 308 g/mol. The Kier molecular flexibility index (Phi) is 5.52. The lowest BCUT2D eigenvalue weighted by Gasteiger charge is -2.45. The summed E-state index contributed by atoms with van der Waals surface area (Å²) in [6, 6.07) is 5.15. The van der Waals surface area contributed by atoms with Gasteiger partial charge in [0, 0.05) is 51.5 Å². The van der Waals surface area contributed by atoms with Crippen molar-refractivity contribution in [3.8, 4) is 0 Å². The van der Waals surface area contributed by atoms with Crippen molar-refractivity contribution in [2.45, 2.75) is 44.8 Å². The molecule has 2 saturated heterocycles. The Hall–Kier alpha value is -0.880. The van der Waals surface area contributed by atoms with Crippen LogP contribution in [0.1, 0.15) is 30.8 Å². The molecule has 1 N–H and O–H groups in total. The van der Waals surface area contributed by atoms with Crippen LogP contribution in [-0.2, 0) is 11.3 Å². The number of hydrogen-bond donors (Lipinski definition) is 1. The molecular weight excluding hydrogens is 280 g/mol. The van der Waals surface area contributed by atoms with Gasteiger partial charge in [-0.1, -0.05) is 0 Å². The van der Waals surface area contributed by atoms with E-state index < -0.39 is 0 Å². The topological polar surface area (TPSA) is 49.1 Å². The van der Waals surface area contributed by atoms with Crippen molar-refractivity contribution in [1.29, 1.82) is 0 Å². The summed E-state index contributed by atoms with van der Waals surface area (Å²) in [5, 5.41) is 9.41. The van der Waals surface area contributed by atoms with Crippen LogP contribution < -0.4 is 0 Å². The summed E-state index contributed by atoms with van der Waals surface area (Å²) >= 11 is 0. The molecule has 5 heteroatoms. The molecule has 0 aromatic carbocycles. The zero-order valence-electron chi connectivity index (χ0n) is 13.5. The van der Waals surface area contributed by atoms with Crippen molar-refractivity contribution in [1.82, 2.24) is 9.80 Å². The number of rotatable bonds is 5. The molecule has 0 spiro atoms. The quantitative estimate of drug-likeness (QED) is 0.896. The molecule has 5 nitrogen and oxygen atoms in total. The second-order valence-corrected chi connectivity index (χ2v) is 6.49. The highest BCUT2D eigenvalue weighted by Crippen LogP contribution is 2.22. The molecule has 0 aliphatic carbocycles. The molecule has 1 atom stereocenters. The number of aliphatic hydroxyl groups is 1. The van der Waals surface area contributed by atoms with E-state index in [1.807, 2.05) is 13.0 Å². The second kappa shape index (κ2) is 7.59. The maximum absolute atomic E-state index is 9.41. The molecule has 1 aromatic heterocycles. The first-order valence-electron chi connectivity index (χ1n) is 8.48. The van der Waals surface area contributed by atoms with E-state index >= 15 is 0 Å². The molecular formula is C17H28N2O3. The minimum absolute atomic E-state index is 0.250. The molecule has 0 amide bonds. The summed E-state index contributed by atoms with van der Waals surface area (Å²) in [6.45, 7) is 8.05. The van der Waals surface area contributed by atoms with Gasteiger partial charge in [-0.05, 0) is 38.3 Å². The fourth-order valence-corrected chi connectivity index (χ4v) is 3.70. The molecule has 2 fully saturated rings. The molecule has 2 aliphatic heterocycles. The fraction of sp³-hybridized carbons (Fsp3) is 0.765. The van der Waals surface area contributed by atoms with E-state index in [1.165, 1.54) is 0 Å². The van der Waals surface area contributed by atoms with Gasteiger partial charge in [0.05, 0.1) is 6.54 Å². The minimum Gasteiger partial charge on any atom is -0.465 e. The van der Waals surface area contributed by atoms with Crippen LogP contribution in [-0.4, -0.2) is 66.4 Å². The maximum Gasteiger partial charge on any atom is 0.118 e. The van der Waals surface area contributed by atoms with Crippen molar-refractivity contribution < 1.29 is 14.3 Å². The average molecular weight is 308 g/mol. The molecule has 124 valence electrons. The fourth-order valence-electron chi connectivity index (χ4n) is 3.70. The van der Waals surface area contributed by atoms with Crippen molar-refractivity contribution in [2.24, 2.45) is 0 Å². The van der Waals surface area contributed by atoms with E-state index in [2.05, 4.69) is 15.9 Å². The lowest BCUT2D eigenvalue weighted by atomic mass is 10.0. The van der Waals surface area contributed by atoms with Crippen LogP contribution in [0, 0.1) is 6.92 Å². The summed E-state index contributed by atoms with van der Waals surface area (Å²) in [7, 11) is 0. The smallest absolute Gasteiger partial charge is 0.118 e. The summed E-state index contributed by atoms with van der Waals surface area (Å²) in [6.07, 6.45) is 3.12. The van der Waals surface area contributed by atoms with Crippen LogP contribution in [0.2, 0.25) is 0 Å². The highest BCUT2D eigenvalue weighted by molar-refractivity contribution is 5.06. The van der Waals surface area contributed by atoms with Crippen molar-refractivity contribution in [3.63, 3.8) is 0 Å². The predicted molar refractivity (Wildman–Crippen MR) is 84.8 cm³/mol. The molecule has 2 aliphatic rings. The molecule has 3 heterocycles. The standard InChI is InChI=1S/C17H28N2O3/c1-14-2-3-17(22-14)13-19-8-7-18(12-16(19)4-9-20)15-5-10-21-11-6-15/h2-3,15-16,20H,4-13H2,1H3. The van der Waals surface area contributed by atoms with Crippen molar-refractivity contribution >= 4 is 0 Å². The Bertz CT molecular complexity index is 457. The van der Waals surface area contributed by atoms with E-state index in [0.29, 0.717) is 12.1 Å². The number of ether oxygens (including phenoxy) is 1. The summed E-state index contributed by atoms with van der Waals surface area (Å²) in [5.74, 6) is 1.99. The lowest BCUT2D eigenvalue weighted by molar-refractivity contribution is -0.0132. The van der Waals surface area contributed by atoms with E-state index in [4.69, 9.17) is 9.15 Å². The minimum atomic E-state index is 0.250. The van der Waals surface area contributed by atoms with Gasteiger partial charge in [0.2, 0.25) is 0 Å². The first-order chi connectivity index (χ1) is 10.8. The Morgan fingerprint density at radius 2 is 2.05 bits per heavy atom. The van der Waals surface area contributed by atoms with Crippen LogP contribution in [0.4, 0.5) is 0 Å². The van der Waals surface area contributed by atoms with Gasteiger partial charge < -0.3 is 14.3 Å². The summed E-state index contributed by atoms with van der Waals surface area (Å²) in [4.78, 5) is 5.07. The number of hydrogen-bond acceptors (Lipinski definition) is 5. The van der Waals surface area contributed by atoms with Crippen molar-refractivity contribution in [3.05, 3.63) is 23.7 Å². The third kappa shape index (κ3) is 3.90. The summed E-state index contributed by atoms with van der Waals surface area (Å²) < 4.78 is 11.2. The normalized spacial score (nSPS) is 25.6. The van der Waals surface area contributed by atoms with E-state index in [0.717, 1.165) is 70.2 Å². The van der Waals surface area contributed by atoms with Crippen LogP contribution >= 0.6 is 0 Å². The van der Waals surface area contributed by atoms with Crippen molar-refractivity contribution in [2.75, 3.05) is 39.5 Å². The highest BCUT2D eigenvalue weighted by atomic mass is 16.5. The number of furan rings is 1. The van der Waals surface area contributed by atoms with Crippen LogP contribution in [0.3, 0.4) is 0 Å². The zero-order chi connectivity index (χ0) is 15.4. The Morgan fingerprint density at radius 3 is 2.73 bits per heavy atom.